The summed E-state index contributed by atoms with van der Waals surface area (Å²) in [4.78, 5) is 41.4. The van der Waals surface area contributed by atoms with E-state index < -0.39 is 0 Å². The van der Waals surface area contributed by atoms with Gasteiger partial charge in [-0.25, -0.2) is 9.78 Å². The zero-order valence-electron chi connectivity index (χ0n) is 27.5. The number of aryl methyl sites for hydroxylation is 1. The molecule has 7 rings (SSSR count). The molecule has 3 fully saturated rings. The van der Waals surface area contributed by atoms with E-state index >= 15 is 0 Å². The molecule has 2 amide bonds. The normalized spacial score (nSPS) is 18.8. The summed E-state index contributed by atoms with van der Waals surface area (Å²) in [5.41, 5.74) is 4.74. The maximum absolute atomic E-state index is 14.4. The monoisotopic (exact) mass is 633 g/mol. The average molecular weight is 634 g/mol. The van der Waals surface area contributed by atoms with Gasteiger partial charge in [-0.05, 0) is 68.2 Å². The van der Waals surface area contributed by atoms with Crippen LogP contribution in [-0.4, -0.2) is 68.6 Å². The zero-order chi connectivity index (χ0) is 32.2. The average Bonchev–Trinajstić information content (AvgIpc) is 3.10. The van der Waals surface area contributed by atoms with E-state index in [1.165, 1.54) is 24.8 Å². The number of carbonyl (C=O) groups is 1. The minimum Gasteiger partial charge on any atom is -0.351 e. The van der Waals surface area contributed by atoms with Crippen molar-refractivity contribution in [3.63, 3.8) is 0 Å². The predicted octanol–water partition coefficient (Wildman–Crippen LogP) is 6.52. The van der Waals surface area contributed by atoms with Crippen molar-refractivity contribution < 1.29 is 4.79 Å². The summed E-state index contributed by atoms with van der Waals surface area (Å²) in [5.74, 6) is 0.543. The molecule has 2 N–H and O–H groups in total. The number of piperidine rings is 2. The van der Waals surface area contributed by atoms with Crippen molar-refractivity contribution in [3.8, 4) is 11.1 Å². The Hall–Kier alpha value is -4.24. The van der Waals surface area contributed by atoms with E-state index in [-0.39, 0.29) is 23.7 Å². The van der Waals surface area contributed by atoms with Crippen LogP contribution < -0.4 is 16.2 Å². The SMILES string of the molecule is Cc1ccccc1-c1cc2cnc(NC3CCN(C(=O)NC4CCCCC4)CC3)nc2n(C2CCN(Cc3ccccc3)CC2)c1=O. The third-order valence-corrected chi connectivity index (χ3v) is 10.4. The van der Waals surface area contributed by atoms with Crippen molar-refractivity contribution in [1.29, 1.82) is 0 Å². The number of urea groups is 1. The van der Waals surface area contributed by atoms with Crippen LogP contribution in [-0.2, 0) is 6.54 Å². The molecule has 0 unspecified atom stereocenters. The van der Waals surface area contributed by atoms with Crippen molar-refractivity contribution in [2.75, 3.05) is 31.5 Å². The van der Waals surface area contributed by atoms with Crippen LogP contribution in [0.15, 0.2) is 71.7 Å². The van der Waals surface area contributed by atoms with E-state index in [0.29, 0.717) is 36.3 Å². The molecule has 4 heterocycles. The zero-order valence-corrected chi connectivity index (χ0v) is 27.5. The molecule has 0 atom stereocenters. The second kappa shape index (κ2) is 14.3. The highest BCUT2D eigenvalue weighted by Crippen LogP contribution is 2.30. The number of rotatable bonds is 7. The number of pyridine rings is 1. The van der Waals surface area contributed by atoms with Gasteiger partial charge < -0.3 is 15.5 Å². The molecule has 2 aromatic carbocycles. The number of carbonyl (C=O) groups excluding carboxylic acids is 1. The lowest BCUT2D eigenvalue weighted by Crippen LogP contribution is -2.49. The highest BCUT2D eigenvalue weighted by molar-refractivity contribution is 5.82. The van der Waals surface area contributed by atoms with Gasteiger partial charge in [0.2, 0.25) is 5.95 Å². The Morgan fingerprint density at radius 2 is 1.55 bits per heavy atom. The van der Waals surface area contributed by atoms with Crippen LogP contribution in [0.5, 0.6) is 0 Å². The number of hydrogen-bond acceptors (Lipinski definition) is 6. The van der Waals surface area contributed by atoms with E-state index in [1.54, 1.807) is 0 Å². The third kappa shape index (κ3) is 7.20. The molecular formula is C38H47N7O2. The summed E-state index contributed by atoms with van der Waals surface area (Å²) in [6.07, 6.45) is 11.2. The lowest BCUT2D eigenvalue weighted by molar-refractivity contribution is 0.176. The lowest BCUT2D eigenvalue weighted by atomic mass is 9.95. The first-order chi connectivity index (χ1) is 23.0. The molecule has 1 saturated carbocycles. The number of aromatic nitrogens is 3. The largest absolute Gasteiger partial charge is 0.351 e. The smallest absolute Gasteiger partial charge is 0.317 e. The second-order valence-electron chi connectivity index (χ2n) is 13.7. The first kappa shape index (κ1) is 31.4. The number of amides is 2. The van der Waals surface area contributed by atoms with E-state index in [9.17, 15) is 9.59 Å². The Balaban J connectivity index is 1.10. The van der Waals surface area contributed by atoms with E-state index in [0.717, 1.165) is 74.7 Å². The van der Waals surface area contributed by atoms with Crippen molar-refractivity contribution in [2.45, 2.75) is 89.4 Å². The summed E-state index contributed by atoms with van der Waals surface area (Å²) >= 11 is 0. The van der Waals surface area contributed by atoms with Gasteiger partial charge in [0.15, 0.2) is 0 Å². The third-order valence-electron chi connectivity index (χ3n) is 10.4. The summed E-state index contributed by atoms with van der Waals surface area (Å²) < 4.78 is 1.96. The van der Waals surface area contributed by atoms with Crippen LogP contribution >= 0.6 is 0 Å². The first-order valence-electron chi connectivity index (χ1n) is 17.6. The lowest BCUT2D eigenvalue weighted by Gasteiger charge is -2.34. The van der Waals surface area contributed by atoms with Gasteiger partial charge in [0.1, 0.15) is 5.65 Å². The van der Waals surface area contributed by atoms with Gasteiger partial charge in [0.25, 0.3) is 5.56 Å². The molecule has 4 aromatic rings. The Labute approximate surface area is 277 Å². The van der Waals surface area contributed by atoms with E-state index in [2.05, 4.69) is 58.9 Å². The summed E-state index contributed by atoms with van der Waals surface area (Å²) in [7, 11) is 0. The first-order valence-corrected chi connectivity index (χ1v) is 17.6. The highest BCUT2D eigenvalue weighted by atomic mass is 16.2. The predicted molar refractivity (Wildman–Crippen MR) is 188 cm³/mol. The van der Waals surface area contributed by atoms with Gasteiger partial charge >= 0.3 is 6.03 Å². The van der Waals surface area contributed by atoms with Crippen LogP contribution in [0.25, 0.3) is 22.2 Å². The van der Waals surface area contributed by atoms with Gasteiger partial charge in [0.05, 0.1) is 0 Å². The van der Waals surface area contributed by atoms with Crippen molar-refractivity contribution >= 4 is 23.0 Å². The summed E-state index contributed by atoms with van der Waals surface area (Å²) in [6.45, 7) is 6.23. The molecule has 246 valence electrons. The number of likely N-dealkylation sites (tertiary alicyclic amines) is 2. The molecule has 2 saturated heterocycles. The quantitative estimate of drug-likeness (QED) is 0.241. The van der Waals surface area contributed by atoms with Crippen LogP contribution in [0, 0.1) is 6.92 Å². The van der Waals surface area contributed by atoms with Gasteiger partial charge in [-0.3, -0.25) is 14.3 Å². The van der Waals surface area contributed by atoms with Crippen LogP contribution in [0.1, 0.15) is 75.0 Å². The minimum absolute atomic E-state index is 0.00949. The standard InChI is InChI=1S/C38H47N7O2/c1-27-10-8-9-15-33(27)34-24-29-25-39-37(40-31-16-22-44(23-17-31)38(47)41-30-13-6-3-7-14-30)42-35(29)45(36(34)46)32-18-20-43(21-19-32)26-28-11-4-2-5-12-28/h2,4-5,8-12,15,24-25,30-32H,3,6-7,13-14,16-23,26H2,1H3,(H,41,47)(H,39,40,42). The van der Waals surface area contributed by atoms with Crippen LogP contribution in [0.4, 0.5) is 10.7 Å². The minimum atomic E-state index is 0.00949. The Kier molecular flexibility index (Phi) is 9.51. The molecule has 2 aliphatic heterocycles. The van der Waals surface area contributed by atoms with E-state index in [1.807, 2.05) is 39.9 Å². The molecule has 9 heteroatoms. The molecule has 3 aliphatic rings. The fourth-order valence-electron chi connectivity index (χ4n) is 7.70. The summed E-state index contributed by atoms with van der Waals surface area (Å²) in [6, 6.07) is 21.3. The fourth-order valence-corrected chi connectivity index (χ4v) is 7.70. The molecule has 2 aromatic heterocycles. The van der Waals surface area contributed by atoms with Crippen LogP contribution in [0.3, 0.4) is 0 Å². The van der Waals surface area contributed by atoms with Crippen LogP contribution in [0.2, 0.25) is 0 Å². The molecular weight excluding hydrogens is 586 g/mol. The van der Waals surface area contributed by atoms with Gasteiger partial charge in [-0.2, -0.15) is 4.98 Å². The topological polar surface area (TPSA) is 95.4 Å². The van der Waals surface area contributed by atoms with Crippen molar-refractivity contribution in [1.82, 2.24) is 29.7 Å². The number of nitrogens with zero attached hydrogens (tertiary/aromatic N) is 5. The maximum atomic E-state index is 14.4. The molecule has 0 bridgehead atoms. The van der Waals surface area contributed by atoms with Gasteiger partial charge in [0, 0.05) is 68.0 Å². The Bertz CT molecular complexity index is 1730. The number of fused-ring (bicyclic) bond motifs is 1. The molecule has 9 nitrogen and oxygen atoms in total. The van der Waals surface area contributed by atoms with E-state index in [4.69, 9.17) is 9.97 Å². The maximum Gasteiger partial charge on any atom is 0.317 e. The Morgan fingerprint density at radius 3 is 2.30 bits per heavy atom. The van der Waals surface area contributed by atoms with Gasteiger partial charge in [-0.1, -0.05) is 73.9 Å². The number of hydrogen-bond donors (Lipinski definition) is 2. The molecule has 47 heavy (non-hydrogen) atoms. The number of nitrogens with one attached hydrogen (secondary N) is 2. The number of benzene rings is 2. The van der Waals surface area contributed by atoms with Crippen molar-refractivity contribution in [3.05, 3.63) is 88.3 Å². The fraction of sp³-hybridized carbons (Fsp3) is 0.474. The highest BCUT2D eigenvalue weighted by Gasteiger charge is 2.28. The van der Waals surface area contributed by atoms with Crippen molar-refractivity contribution in [2.24, 2.45) is 0 Å². The molecule has 0 spiro atoms. The second-order valence-corrected chi connectivity index (χ2v) is 13.7. The summed E-state index contributed by atoms with van der Waals surface area (Å²) in [5, 5.41) is 7.68. The van der Waals surface area contributed by atoms with Gasteiger partial charge in [-0.15, -0.1) is 0 Å². The molecule has 0 radical (unpaired) electrons. The molecule has 1 aliphatic carbocycles. The number of anilines is 1. The Morgan fingerprint density at radius 1 is 0.830 bits per heavy atom.